The maximum absolute atomic E-state index is 13.5. The van der Waals surface area contributed by atoms with Crippen LogP contribution in [0, 0.1) is 0 Å². The van der Waals surface area contributed by atoms with E-state index in [4.69, 9.17) is 28.4 Å². The summed E-state index contributed by atoms with van der Waals surface area (Å²) in [6.45, 7) is 1.81. The predicted molar refractivity (Wildman–Crippen MR) is 420 cm³/mol. The zero-order chi connectivity index (χ0) is 76.0. The van der Waals surface area contributed by atoms with Gasteiger partial charge in [0.1, 0.15) is 73.2 Å². The van der Waals surface area contributed by atoms with E-state index in [0.717, 1.165) is 44.9 Å². The number of rotatable bonds is 73. The van der Waals surface area contributed by atoms with Crippen LogP contribution in [0.3, 0.4) is 0 Å². The fourth-order valence-corrected chi connectivity index (χ4v) is 15.5. The van der Waals surface area contributed by atoms with Gasteiger partial charge in [-0.05, 0) is 19.3 Å². The van der Waals surface area contributed by atoms with E-state index in [9.17, 15) is 61.0 Å². The molecule has 0 saturated carbocycles. The standard InChI is InChI=1S/C86H165NO18/c1-3-5-7-9-11-13-15-17-19-21-23-24-25-26-27-28-29-30-31-32-33-34-35-36-37-38-39-40-41-42-43-44-46-48-50-52-54-56-58-60-62-64-74(92)87-69(70(91)63-61-59-57-55-53-51-49-47-45-22-20-18-16-14-12-10-8-6-4-2)68-100-84-80(98)77(95)82(72(66-89)102-84)105-86-81(99)78(96)83(73(67-90)103-86)104-85-79(97)76(94)75(93)71(65-88)101-85/h61,63,69-73,75-86,88-91,93-99H,3-60,62,64-68H2,1-2H3,(H,87,92)/b63-61+. The molecule has 19 heteroatoms. The molecule has 0 aromatic rings. The summed E-state index contributed by atoms with van der Waals surface area (Å²) in [5, 5.41) is 121. The highest BCUT2D eigenvalue weighted by molar-refractivity contribution is 5.76. The number of amides is 1. The Kier molecular flexibility index (Phi) is 62.4. The molecule has 0 radical (unpaired) electrons. The summed E-state index contributed by atoms with van der Waals surface area (Å²) in [6.07, 6.45) is 55.3. The monoisotopic (exact) mass is 1500 g/mol. The molecule has 0 aliphatic carbocycles. The minimum atomic E-state index is -1.98. The molecule has 622 valence electrons. The Hall–Kier alpha value is -1.47. The molecule has 3 aliphatic rings. The number of ether oxygens (including phenoxy) is 6. The fraction of sp³-hybridized carbons (Fsp3) is 0.965. The molecule has 0 aromatic carbocycles. The maximum atomic E-state index is 13.5. The lowest BCUT2D eigenvalue weighted by Gasteiger charge is -2.48. The smallest absolute Gasteiger partial charge is 0.220 e. The molecule has 105 heavy (non-hydrogen) atoms. The van der Waals surface area contributed by atoms with Crippen LogP contribution in [0.15, 0.2) is 12.2 Å². The Labute approximate surface area is 639 Å². The van der Waals surface area contributed by atoms with Crippen molar-refractivity contribution in [3.8, 4) is 0 Å². The van der Waals surface area contributed by atoms with E-state index in [1.807, 2.05) is 6.08 Å². The summed E-state index contributed by atoms with van der Waals surface area (Å²) >= 11 is 0. The van der Waals surface area contributed by atoms with Crippen molar-refractivity contribution in [3.05, 3.63) is 12.2 Å². The van der Waals surface area contributed by atoms with Crippen LogP contribution in [0.2, 0.25) is 0 Å². The van der Waals surface area contributed by atoms with Gasteiger partial charge < -0.3 is 89.9 Å². The molecular weight excluding hydrogens is 1330 g/mol. The molecule has 3 rings (SSSR count). The summed E-state index contributed by atoms with van der Waals surface area (Å²) in [7, 11) is 0. The number of aliphatic hydroxyl groups is 11. The van der Waals surface area contributed by atoms with Gasteiger partial charge in [-0.2, -0.15) is 0 Å². The van der Waals surface area contributed by atoms with Crippen molar-refractivity contribution >= 4 is 5.91 Å². The van der Waals surface area contributed by atoms with E-state index in [2.05, 4.69) is 19.2 Å². The van der Waals surface area contributed by atoms with E-state index >= 15 is 0 Å². The number of aliphatic hydroxyl groups excluding tert-OH is 11. The molecule has 12 N–H and O–H groups in total. The van der Waals surface area contributed by atoms with Gasteiger partial charge in [-0.15, -0.1) is 0 Å². The number of carbonyl (C=O) groups excluding carboxylic acids is 1. The molecule has 0 bridgehead atoms. The van der Waals surface area contributed by atoms with Gasteiger partial charge in [-0.25, -0.2) is 0 Å². The Bertz CT molecular complexity index is 1940. The Morgan fingerprint density at radius 3 is 0.895 bits per heavy atom. The first-order valence-electron chi connectivity index (χ1n) is 44.4. The molecule has 1 amide bonds. The minimum absolute atomic E-state index is 0.250. The van der Waals surface area contributed by atoms with Gasteiger partial charge in [0.15, 0.2) is 18.9 Å². The van der Waals surface area contributed by atoms with Crippen LogP contribution in [0.25, 0.3) is 0 Å². The molecule has 3 fully saturated rings. The number of hydrogen-bond acceptors (Lipinski definition) is 18. The SMILES string of the molecule is CCCCCCCCCCCCCCCCCCC/C=C/C(O)C(COC1OC(CO)C(OC2OC(CO)C(OC3OC(CO)C(O)C(O)C3O)C(O)C2O)C(O)C1O)NC(=O)CCCCCCCCCCCCCCCCCCCCCCCCCCCCCCCCCCCCCCCCCCC. The zero-order valence-corrected chi connectivity index (χ0v) is 67.0. The van der Waals surface area contributed by atoms with Crippen molar-refractivity contribution in [1.29, 1.82) is 0 Å². The summed E-state index contributed by atoms with van der Waals surface area (Å²) in [5.41, 5.74) is 0. The second-order valence-electron chi connectivity index (χ2n) is 32.1. The van der Waals surface area contributed by atoms with Crippen LogP contribution >= 0.6 is 0 Å². The molecule has 3 aliphatic heterocycles. The van der Waals surface area contributed by atoms with Crippen LogP contribution in [0.1, 0.15) is 399 Å². The third kappa shape index (κ3) is 46.3. The highest BCUT2D eigenvalue weighted by Gasteiger charge is 2.54. The van der Waals surface area contributed by atoms with Gasteiger partial charge in [-0.1, -0.05) is 386 Å². The molecule has 3 saturated heterocycles. The van der Waals surface area contributed by atoms with Gasteiger partial charge in [0, 0.05) is 6.42 Å². The van der Waals surface area contributed by atoms with Crippen LogP contribution in [0.4, 0.5) is 0 Å². The molecule has 0 aromatic heterocycles. The number of unbranched alkanes of at least 4 members (excludes halogenated alkanes) is 57. The lowest BCUT2D eigenvalue weighted by atomic mass is 9.96. The van der Waals surface area contributed by atoms with Crippen LogP contribution in [-0.4, -0.2) is 193 Å². The van der Waals surface area contributed by atoms with Crippen molar-refractivity contribution in [3.63, 3.8) is 0 Å². The zero-order valence-electron chi connectivity index (χ0n) is 67.0. The largest absolute Gasteiger partial charge is 0.394 e. The third-order valence-electron chi connectivity index (χ3n) is 22.6. The van der Waals surface area contributed by atoms with Gasteiger partial charge in [0.05, 0.1) is 38.6 Å². The fourth-order valence-electron chi connectivity index (χ4n) is 15.5. The molecule has 17 unspecified atom stereocenters. The van der Waals surface area contributed by atoms with Gasteiger partial charge in [0.2, 0.25) is 5.91 Å². The number of allylic oxidation sites excluding steroid dienone is 1. The van der Waals surface area contributed by atoms with E-state index in [1.54, 1.807) is 6.08 Å². The van der Waals surface area contributed by atoms with Crippen molar-refractivity contribution in [2.24, 2.45) is 0 Å². The first-order valence-corrected chi connectivity index (χ1v) is 44.4. The highest BCUT2D eigenvalue weighted by Crippen LogP contribution is 2.34. The lowest BCUT2D eigenvalue weighted by Crippen LogP contribution is -2.66. The van der Waals surface area contributed by atoms with Crippen molar-refractivity contribution in [2.45, 2.75) is 503 Å². The van der Waals surface area contributed by atoms with Crippen molar-refractivity contribution < 1.29 is 89.4 Å². The Balaban J connectivity index is 1.27. The third-order valence-corrected chi connectivity index (χ3v) is 22.6. The number of carbonyl (C=O) groups is 1. The van der Waals surface area contributed by atoms with E-state index in [1.165, 1.54) is 327 Å². The normalized spacial score (nSPS) is 25.7. The molecule has 0 spiro atoms. The molecule has 17 atom stereocenters. The highest BCUT2D eigenvalue weighted by atomic mass is 16.8. The average molecular weight is 1500 g/mol. The second kappa shape index (κ2) is 67.1. The number of hydrogen-bond donors (Lipinski definition) is 12. The van der Waals surface area contributed by atoms with Crippen LogP contribution in [-0.2, 0) is 33.2 Å². The van der Waals surface area contributed by atoms with Gasteiger partial charge >= 0.3 is 0 Å². The van der Waals surface area contributed by atoms with Gasteiger partial charge in [0.25, 0.3) is 0 Å². The predicted octanol–water partition coefficient (Wildman–Crippen LogP) is 16.3. The maximum Gasteiger partial charge on any atom is 0.220 e. The Morgan fingerprint density at radius 2 is 0.590 bits per heavy atom. The summed E-state index contributed by atoms with van der Waals surface area (Å²) in [6, 6.07) is -0.970. The van der Waals surface area contributed by atoms with E-state index in [0.29, 0.717) is 6.42 Å². The summed E-state index contributed by atoms with van der Waals surface area (Å²) in [5.74, 6) is -0.266. The first-order chi connectivity index (χ1) is 51.3. The second-order valence-corrected chi connectivity index (χ2v) is 32.1. The van der Waals surface area contributed by atoms with Crippen molar-refractivity contribution in [2.75, 3.05) is 26.4 Å². The average Bonchev–Trinajstić information content (AvgIpc) is 0.780. The summed E-state index contributed by atoms with van der Waals surface area (Å²) < 4.78 is 34.5. The van der Waals surface area contributed by atoms with Gasteiger partial charge in [-0.3, -0.25) is 4.79 Å². The topological polar surface area (TPSA) is 307 Å². The quantitative estimate of drug-likeness (QED) is 0.0199. The Morgan fingerprint density at radius 1 is 0.333 bits per heavy atom. The summed E-state index contributed by atoms with van der Waals surface area (Å²) in [4.78, 5) is 13.5. The van der Waals surface area contributed by atoms with Crippen molar-refractivity contribution in [1.82, 2.24) is 5.32 Å². The first kappa shape index (κ1) is 97.7. The van der Waals surface area contributed by atoms with Crippen LogP contribution in [0.5, 0.6) is 0 Å². The van der Waals surface area contributed by atoms with E-state index in [-0.39, 0.29) is 18.9 Å². The molecule has 3 heterocycles. The minimum Gasteiger partial charge on any atom is -0.394 e. The van der Waals surface area contributed by atoms with E-state index < -0.39 is 124 Å². The number of nitrogens with one attached hydrogen (secondary N) is 1. The molecular formula is C86H165NO18. The lowest BCUT2D eigenvalue weighted by molar-refractivity contribution is -0.379. The van der Waals surface area contributed by atoms with Crippen LogP contribution < -0.4 is 5.32 Å². The molecule has 19 nitrogen and oxygen atoms in total.